The van der Waals surface area contributed by atoms with Gasteiger partial charge >= 0.3 is 0 Å². The van der Waals surface area contributed by atoms with Crippen LogP contribution in [-0.2, 0) is 0 Å². The molecule has 0 radical (unpaired) electrons. The van der Waals surface area contributed by atoms with Gasteiger partial charge < -0.3 is 10.1 Å². The smallest absolute Gasteiger partial charge is 0.120 e. The lowest BCUT2D eigenvalue weighted by Gasteiger charge is -2.35. The highest BCUT2D eigenvalue weighted by Crippen LogP contribution is 2.28. The van der Waals surface area contributed by atoms with Crippen molar-refractivity contribution in [3.8, 4) is 5.75 Å². The quantitative estimate of drug-likeness (QED) is 0.867. The first kappa shape index (κ1) is 14.4. The molecule has 2 heteroatoms. The molecule has 1 saturated carbocycles. The SMILES string of the molecule is CCCNC1CCC(C)CC1Oc1cccc(C)c1. The molecule has 0 heterocycles. The van der Waals surface area contributed by atoms with Crippen LogP contribution in [0.25, 0.3) is 0 Å². The fourth-order valence-corrected chi connectivity index (χ4v) is 2.89. The van der Waals surface area contributed by atoms with Crippen LogP contribution in [0.4, 0.5) is 0 Å². The number of nitrogens with one attached hydrogen (secondary N) is 1. The van der Waals surface area contributed by atoms with Gasteiger partial charge in [-0.05, 0) is 62.8 Å². The molecule has 0 aliphatic heterocycles. The van der Waals surface area contributed by atoms with Gasteiger partial charge in [-0.2, -0.15) is 0 Å². The highest BCUT2D eigenvalue weighted by molar-refractivity contribution is 5.27. The van der Waals surface area contributed by atoms with Crippen LogP contribution in [-0.4, -0.2) is 18.7 Å². The minimum absolute atomic E-state index is 0.317. The first-order valence-corrected chi connectivity index (χ1v) is 7.65. The number of benzene rings is 1. The fourth-order valence-electron chi connectivity index (χ4n) is 2.89. The van der Waals surface area contributed by atoms with Crippen molar-refractivity contribution in [1.29, 1.82) is 0 Å². The van der Waals surface area contributed by atoms with E-state index in [1.54, 1.807) is 0 Å². The number of hydrogen-bond donors (Lipinski definition) is 1. The molecule has 1 aromatic carbocycles. The Kier molecular flexibility index (Phi) is 5.26. The van der Waals surface area contributed by atoms with Crippen molar-refractivity contribution in [2.75, 3.05) is 6.54 Å². The lowest BCUT2D eigenvalue weighted by Crippen LogP contribution is -2.47. The summed E-state index contributed by atoms with van der Waals surface area (Å²) in [6.07, 6.45) is 5.21. The summed E-state index contributed by atoms with van der Waals surface area (Å²) >= 11 is 0. The summed E-state index contributed by atoms with van der Waals surface area (Å²) in [5.41, 5.74) is 1.26. The third kappa shape index (κ3) is 4.24. The Labute approximate surface area is 117 Å². The maximum absolute atomic E-state index is 6.25. The summed E-state index contributed by atoms with van der Waals surface area (Å²) in [6.45, 7) is 7.76. The van der Waals surface area contributed by atoms with Gasteiger partial charge in [-0.25, -0.2) is 0 Å². The molecule has 3 atom stereocenters. The molecule has 1 fully saturated rings. The van der Waals surface area contributed by atoms with Crippen LogP contribution < -0.4 is 10.1 Å². The van der Waals surface area contributed by atoms with Gasteiger partial charge in [0.25, 0.3) is 0 Å². The fraction of sp³-hybridized carbons (Fsp3) is 0.647. The molecule has 1 aromatic rings. The van der Waals surface area contributed by atoms with E-state index in [9.17, 15) is 0 Å². The molecule has 3 unspecified atom stereocenters. The minimum Gasteiger partial charge on any atom is -0.489 e. The number of aryl methyl sites for hydroxylation is 1. The third-order valence-electron chi connectivity index (χ3n) is 3.99. The van der Waals surface area contributed by atoms with Gasteiger partial charge in [0.1, 0.15) is 11.9 Å². The molecule has 0 spiro atoms. The van der Waals surface area contributed by atoms with Gasteiger partial charge in [0.15, 0.2) is 0 Å². The van der Waals surface area contributed by atoms with E-state index >= 15 is 0 Å². The molecule has 2 rings (SSSR count). The van der Waals surface area contributed by atoms with E-state index in [1.165, 1.54) is 24.8 Å². The molecule has 2 nitrogen and oxygen atoms in total. The summed E-state index contributed by atoms with van der Waals surface area (Å²) in [5, 5.41) is 3.65. The zero-order valence-corrected chi connectivity index (χ0v) is 12.5. The van der Waals surface area contributed by atoms with Gasteiger partial charge in [0, 0.05) is 6.04 Å². The van der Waals surface area contributed by atoms with E-state index in [4.69, 9.17) is 4.74 Å². The summed E-state index contributed by atoms with van der Waals surface area (Å²) in [7, 11) is 0. The standard InChI is InChI=1S/C17H27NO/c1-4-10-18-16-9-8-14(3)12-17(16)19-15-7-5-6-13(2)11-15/h5-7,11,14,16-18H,4,8-10,12H2,1-3H3. The van der Waals surface area contributed by atoms with Crippen molar-refractivity contribution >= 4 is 0 Å². The second kappa shape index (κ2) is 6.95. The van der Waals surface area contributed by atoms with E-state index in [-0.39, 0.29) is 0 Å². The van der Waals surface area contributed by atoms with E-state index in [2.05, 4.69) is 50.4 Å². The Morgan fingerprint density at radius 2 is 2.16 bits per heavy atom. The maximum atomic E-state index is 6.25. The lowest BCUT2D eigenvalue weighted by molar-refractivity contribution is 0.0908. The van der Waals surface area contributed by atoms with E-state index in [0.29, 0.717) is 12.1 Å². The molecule has 0 bridgehead atoms. The van der Waals surface area contributed by atoms with Gasteiger partial charge in [0.2, 0.25) is 0 Å². The van der Waals surface area contributed by atoms with Crippen LogP contribution in [0.1, 0.15) is 45.1 Å². The van der Waals surface area contributed by atoms with E-state index < -0.39 is 0 Å². The molecule has 19 heavy (non-hydrogen) atoms. The molecule has 1 N–H and O–H groups in total. The molecule has 0 aromatic heterocycles. The summed E-state index contributed by atoms with van der Waals surface area (Å²) in [5.74, 6) is 1.79. The Hall–Kier alpha value is -1.02. The molecule has 1 aliphatic rings. The van der Waals surface area contributed by atoms with Crippen LogP contribution >= 0.6 is 0 Å². The molecule has 0 saturated heterocycles. The molecular weight excluding hydrogens is 234 g/mol. The average molecular weight is 261 g/mol. The van der Waals surface area contributed by atoms with Crippen LogP contribution in [0.3, 0.4) is 0 Å². The summed E-state index contributed by atoms with van der Waals surface area (Å²) in [6, 6.07) is 8.91. The number of rotatable bonds is 5. The first-order chi connectivity index (χ1) is 9.19. The normalized spacial score (nSPS) is 27.2. The van der Waals surface area contributed by atoms with Crippen LogP contribution in [0.5, 0.6) is 5.75 Å². The van der Waals surface area contributed by atoms with Crippen LogP contribution in [0.15, 0.2) is 24.3 Å². The zero-order chi connectivity index (χ0) is 13.7. The largest absolute Gasteiger partial charge is 0.489 e. The van der Waals surface area contributed by atoms with Gasteiger partial charge in [0.05, 0.1) is 0 Å². The molecular formula is C17H27NO. The predicted octanol–water partition coefficient (Wildman–Crippen LogP) is 3.93. The van der Waals surface area contributed by atoms with Gasteiger partial charge in [-0.15, -0.1) is 0 Å². The Balaban J connectivity index is 2.00. The van der Waals surface area contributed by atoms with Crippen molar-refractivity contribution in [3.05, 3.63) is 29.8 Å². The first-order valence-electron chi connectivity index (χ1n) is 7.65. The third-order valence-corrected chi connectivity index (χ3v) is 3.99. The van der Waals surface area contributed by atoms with E-state index in [1.807, 2.05) is 0 Å². The topological polar surface area (TPSA) is 21.3 Å². The molecule has 1 aliphatic carbocycles. The average Bonchev–Trinajstić information content (AvgIpc) is 2.38. The van der Waals surface area contributed by atoms with Crippen molar-refractivity contribution in [1.82, 2.24) is 5.32 Å². The Morgan fingerprint density at radius 3 is 2.89 bits per heavy atom. The van der Waals surface area contributed by atoms with Crippen molar-refractivity contribution in [2.24, 2.45) is 5.92 Å². The predicted molar refractivity (Wildman–Crippen MR) is 80.7 cm³/mol. The van der Waals surface area contributed by atoms with Gasteiger partial charge in [-0.1, -0.05) is 26.0 Å². The van der Waals surface area contributed by atoms with Crippen LogP contribution in [0.2, 0.25) is 0 Å². The van der Waals surface area contributed by atoms with Crippen molar-refractivity contribution in [3.63, 3.8) is 0 Å². The van der Waals surface area contributed by atoms with Crippen molar-refractivity contribution < 1.29 is 4.74 Å². The molecule has 0 amide bonds. The highest BCUT2D eigenvalue weighted by atomic mass is 16.5. The highest BCUT2D eigenvalue weighted by Gasteiger charge is 2.29. The monoisotopic (exact) mass is 261 g/mol. The summed E-state index contributed by atoms with van der Waals surface area (Å²) in [4.78, 5) is 0. The maximum Gasteiger partial charge on any atom is 0.120 e. The lowest BCUT2D eigenvalue weighted by atomic mass is 9.85. The second-order valence-electron chi connectivity index (χ2n) is 5.95. The second-order valence-corrected chi connectivity index (χ2v) is 5.95. The minimum atomic E-state index is 0.317. The van der Waals surface area contributed by atoms with Crippen molar-refractivity contribution in [2.45, 2.75) is 58.6 Å². The van der Waals surface area contributed by atoms with Gasteiger partial charge in [-0.3, -0.25) is 0 Å². The number of ether oxygens (including phenoxy) is 1. The van der Waals surface area contributed by atoms with E-state index in [0.717, 1.165) is 24.6 Å². The zero-order valence-electron chi connectivity index (χ0n) is 12.5. The number of hydrogen-bond acceptors (Lipinski definition) is 2. The Morgan fingerprint density at radius 1 is 1.32 bits per heavy atom. The summed E-state index contributed by atoms with van der Waals surface area (Å²) < 4.78 is 6.25. The Bertz CT molecular complexity index is 389. The molecule has 106 valence electrons. The van der Waals surface area contributed by atoms with Crippen LogP contribution in [0, 0.1) is 12.8 Å².